The molecule has 0 aliphatic heterocycles. The average Bonchev–Trinajstić information content (AvgIpc) is 3.06. The summed E-state index contributed by atoms with van der Waals surface area (Å²) >= 11 is 7.92. The number of nitrogens with one attached hydrogen (secondary N) is 2. The van der Waals surface area contributed by atoms with Gasteiger partial charge in [0.25, 0.3) is 5.91 Å². The van der Waals surface area contributed by atoms with E-state index in [0.29, 0.717) is 16.3 Å². The smallest absolute Gasteiger partial charge is 0.328 e. The van der Waals surface area contributed by atoms with Gasteiger partial charge in [0.05, 0.1) is 18.4 Å². The van der Waals surface area contributed by atoms with Crippen LogP contribution in [0.1, 0.15) is 15.9 Å². The lowest BCUT2D eigenvalue weighted by Gasteiger charge is -2.19. The average molecular weight is 623 g/mol. The fourth-order valence-corrected chi connectivity index (χ4v) is 5.26. The van der Waals surface area contributed by atoms with Crippen LogP contribution in [0.4, 0.5) is 11.4 Å². The number of carbonyl (C=O) groups excluding carboxylic acids is 2. The second-order valence-electron chi connectivity index (χ2n) is 9.90. The number of hydrogen-bond acceptors (Lipinski definition) is 6. The number of para-hydroxylation sites is 2. The van der Waals surface area contributed by atoms with E-state index < -0.39 is 17.9 Å². The minimum atomic E-state index is -0.917. The predicted octanol–water partition coefficient (Wildman–Crippen LogP) is 8.78. The van der Waals surface area contributed by atoms with Gasteiger partial charge in [0.15, 0.2) is 0 Å². The molecule has 6 nitrogen and oxygen atoms in total. The Labute approximate surface area is 266 Å². The molecule has 0 bridgehead atoms. The highest BCUT2D eigenvalue weighted by Gasteiger charge is 2.24. The fourth-order valence-electron chi connectivity index (χ4n) is 4.68. The topological polar surface area (TPSA) is 76.7 Å². The number of ether oxygens (including phenoxy) is 2. The van der Waals surface area contributed by atoms with Crippen LogP contribution in [0, 0.1) is 0 Å². The third-order valence-corrected chi connectivity index (χ3v) is 7.93. The van der Waals surface area contributed by atoms with Crippen LogP contribution < -0.4 is 15.4 Å². The van der Waals surface area contributed by atoms with Gasteiger partial charge in [0.2, 0.25) is 0 Å². The molecule has 0 aliphatic rings. The van der Waals surface area contributed by atoms with Crippen molar-refractivity contribution in [1.29, 1.82) is 0 Å². The van der Waals surface area contributed by atoms with Crippen LogP contribution in [0.5, 0.6) is 11.5 Å². The second kappa shape index (κ2) is 14.6. The number of anilines is 2. The summed E-state index contributed by atoms with van der Waals surface area (Å²) in [6.45, 7) is 0. The first kappa shape index (κ1) is 30.7. The number of carbonyl (C=O) groups is 2. The molecule has 0 saturated carbocycles. The lowest BCUT2D eigenvalue weighted by Crippen LogP contribution is -2.43. The van der Waals surface area contributed by atoms with Crippen molar-refractivity contribution in [3.05, 3.63) is 137 Å². The molecule has 1 unspecified atom stereocenters. The molecule has 5 aromatic rings. The van der Waals surface area contributed by atoms with E-state index in [1.54, 1.807) is 30.0 Å². The van der Waals surface area contributed by atoms with Crippen LogP contribution in [0.25, 0.3) is 11.1 Å². The molecule has 0 aliphatic carbocycles. The molecule has 5 rings (SSSR count). The monoisotopic (exact) mass is 622 g/mol. The van der Waals surface area contributed by atoms with E-state index in [0.717, 1.165) is 38.8 Å². The summed E-state index contributed by atoms with van der Waals surface area (Å²) in [4.78, 5) is 27.4. The van der Waals surface area contributed by atoms with Crippen LogP contribution >= 0.6 is 23.4 Å². The normalized spacial score (nSPS) is 11.3. The Morgan fingerprint density at radius 2 is 1.55 bits per heavy atom. The first-order valence-electron chi connectivity index (χ1n) is 13.9. The maximum Gasteiger partial charge on any atom is 0.328 e. The number of thioether (sulfide) groups is 1. The first-order chi connectivity index (χ1) is 21.4. The number of benzene rings is 5. The van der Waals surface area contributed by atoms with Gasteiger partial charge in [-0.05, 0) is 78.0 Å². The Hall–Kier alpha value is -4.72. The zero-order chi connectivity index (χ0) is 30.9. The van der Waals surface area contributed by atoms with Gasteiger partial charge in [-0.2, -0.15) is 0 Å². The van der Waals surface area contributed by atoms with E-state index in [9.17, 15) is 9.59 Å². The maximum absolute atomic E-state index is 13.5. The van der Waals surface area contributed by atoms with E-state index in [1.165, 1.54) is 7.11 Å². The van der Waals surface area contributed by atoms with Crippen LogP contribution in [0.2, 0.25) is 5.02 Å². The number of hydrogen-bond donors (Lipinski definition) is 2. The maximum atomic E-state index is 13.5. The molecule has 5 aromatic carbocycles. The van der Waals surface area contributed by atoms with Crippen LogP contribution in [-0.2, 0) is 16.0 Å². The molecule has 222 valence electrons. The number of rotatable bonds is 11. The zero-order valence-electron chi connectivity index (χ0n) is 24.3. The molecule has 1 atom stereocenters. The van der Waals surface area contributed by atoms with Crippen molar-refractivity contribution in [2.45, 2.75) is 17.4 Å². The molecule has 0 fully saturated rings. The van der Waals surface area contributed by atoms with Gasteiger partial charge in [-0.1, -0.05) is 72.3 Å². The van der Waals surface area contributed by atoms with Crippen molar-refractivity contribution >= 4 is 46.6 Å². The van der Waals surface area contributed by atoms with Gasteiger partial charge in [-0.3, -0.25) is 4.79 Å². The van der Waals surface area contributed by atoms with Gasteiger partial charge in [0.1, 0.15) is 17.5 Å². The van der Waals surface area contributed by atoms with Gasteiger partial charge in [0, 0.05) is 27.6 Å². The third kappa shape index (κ3) is 7.81. The fraction of sp³-hybridized carbons (Fsp3) is 0.111. The summed E-state index contributed by atoms with van der Waals surface area (Å²) in [5.74, 6) is 0.486. The van der Waals surface area contributed by atoms with Crippen molar-refractivity contribution in [2.24, 2.45) is 0 Å². The molecular formula is C36H31ClN2O4S. The molecular weight excluding hydrogens is 592 g/mol. The van der Waals surface area contributed by atoms with E-state index in [-0.39, 0.29) is 6.42 Å². The summed E-state index contributed by atoms with van der Waals surface area (Å²) in [6, 6.07) is 37.2. The van der Waals surface area contributed by atoms with Crippen LogP contribution in [0.15, 0.2) is 126 Å². The van der Waals surface area contributed by atoms with Gasteiger partial charge in [-0.15, -0.1) is 11.8 Å². The van der Waals surface area contributed by atoms with Gasteiger partial charge in [-0.25, -0.2) is 4.79 Å². The number of methoxy groups -OCH3 is 1. The van der Waals surface area contributed by atoms with Crippen LogP contribution in [0.3, 0.4) is 0 Å². The molecule has 2 N–H and O–H groups in total. The molecule has 0 aromatic heterocycles. The van der Waals surface area contributed by atoms with Crippen molar-refractivity contribution in [3.8, 4) is 22.6 Å². The molecule has 44 heavy (non-hydrogen) atoms. The molecule has 0 heterocycles. The molecule has 8 heteroatoms. The lowest BCUT2D eigenvalue weighted by molar-refractivity contribution is -0.142. The van der Waals surface area contributed by atoms with E-state index in [4.69, 9.17) is 21.1 Å². The van der Waals surface area contributed by atoms with Crippen molar-refractivity contribution in [3.63, 3.8) is 0 Å². The molecule has 0 radical (unpaired) electrons. The number of halogens is 1. The minimum absolute atomic E-state index is 0.236. The SMILES string of the molecule is COC(=O)C(Cc1ccc(-c2ccccc2Oc2ccccc2)cc1)NC(=O)c1cc(Cl)ccc1Nc1ccc(SC)cc1. The highest BCUT2D eigenvalue weighted by molar-refractivity contribution is 7.98. The lowest BCUT2D eigenvalue weighted by atomic mass is 9.99. The Balaban J connectivity index is 1.32. The summed E-state index contributed by atoms with van der Waals surface area (Å²) < 4.78 is 11.2. The minimum Gasteiger partial charge on any atom is -0.467 e. The second-order valence-corrected chi connectivity index (χ2v) is 11.2. The molecule has 0 spiro atoms. The highest BCUT2D eigenvalue weighted by atomic mass is 35.5. The van der Waals surface area contributed by atoms with Crippen molar-refractivity contribution in [1.82, 2.24) is 5.32 Å². The number of amides is 1. The summed E-state index contributed by atoms with van der Waals surface area (Å²) in [5.41, 5.74) is 4.44. The van der Waals surface area contributed by atoms with Crippen molar-refractivity contribution in [2.75, 3.05) is 18.7 Å². The van der Waals surface area contributed by atoms with E-state index in [1.807, 2.05) is 109 Å². The largest absolute Gasteiger partial charge is 0.467 e. The van der Waals surface area contributed by atoms with E-state index >= 15 is 0 Å². The Morgan fingerprint density at radius 1 is 0.841 bits per heavy atom. The van der Waals surface area contributed by atoms with Gasteiger partial charge >= 0.3 is 5.97 Å². The zero-order valence-corrected chi connectivity index (χ0v) is 25.8. The third-order valence-electron chi connectivity index (χ3n) is 6.95. The quantitative estimate of drug-likeness (QED) is 0.113. The number of esters is 1. The molecule has 1 amide bonds. The van der Waals surface area contributed by atoms with E-state index in [2.05, 4.69) is 10.6 Å². The standard InChI is InChI=1S/C36H31ClN2O4S/c1-42-36(41)33(39-35(40)31-23-26(37)16-21-32(31)38-27-17-19-29(44-2)20-18-27)22-24-12-14-25(15-13-24)30-10-6-7-11-34(30)43-28-8-4-3-5-9-28/h3-21,23,33,38H,22H2,1-2H3,(H,39,40). The Morgan fingerprint density at radius 3 is 2.25 bits per heavy atom. The summed E-state index contributed by atoms with van der Waals surface area (Å²) in [5, 5.41) is 6.54. The van der Waals surface area contributed by atoms with Gasteiger partial charge < -0.3 is 20.1 Å². The van der Waals surface area contributed by atoms with Crippen molar-refractivity contribution < 1.29 is 19.1 Å². The Kier molecular flexibility index (Phi) is 10.2. The molecule has 0 saturated heterocycles. The first-order valence-corrected chi connectivity index (χ1v) is 15.5. The summed E-state index contributed by atoms with van der Waals surface area (Å²) in [6.07, 6.45) is 2.25. The van der Waals surface area contributed by atoms with Crippen LogP contribution in [-0.4, -0.2) is 31.3 Å². The predicted molar refractivity (Wildman–Crippen MR) is 178 cm³/mol. The Bertz CT molecular complexity index is 1730. The highest BCUT2D eigenvalue weighted by Crippen LogP contribution is 2.33. The summed E-state index contributed by atoms with van der Waals surface area (Å²) in [7, 11) is 1.30.